The number of benzene rings is 3. The molecule has 0 saturated carbocycles. The van der Waals surface area contributed by atoms with E-state index < -0.39 is 16.1 Å². The lowest BCUT2D eigenvalue weighted by molar-refractivity contribution is 0.132. The number of aromatic hydroxyl groups is 1. The summed E-state index contributed by atoms with van der Waals surface area (Å²) in [7, 11) is 1.84. The molecule has 3 rings (SSSR count). The quantitative estimate of drug-likeness (QED) is 0.205. The van der Waals surface area contributed by atoms with Gasteiger partial charge in [-0.05, 0) is 69.7 Å². The predicted octanol–water partition coefficient (Wildman–Crippen LogP) is 7.32. The van der Waals surface area contributed by atoms with Crippen molar-refractivity contribution in [3.63, 3.8) is 0 Å². The zero-order valence-corrected chi connectivity index (χ0v) is 31.7. The topological polar surface area (TPSA) is 75.6 Å². The van der Waals surface area contributed by atoms with Crippen LogP contribution in [-0.2, 0) is 0 Å². The van der Waals surface area contributed by atoms with Gasteiger partial charge in [-0.15, -0.1) is 0 Å². The molecule has 3 aromatic rings. The fourth-order valence-electron chi connectivity index (χ4n) is 6.68. The highest BCUT2D eigenvalue weighted by Gasteiger charge is 2.47. The van der Waals surface area contributed by atoms with Gasteiger partial charge in [0.1, 0.15) is 39.1 Å². The lowest BCUT2D eigenvalue weighted by atomic mass is 9.98. The molecule has 0 amide bonds. The average molecular weight is 655 g/mol. The van der Waals surface area contributed by atoms with Crippen LogP contribution >= 0.6 is 0 Å². The van der Waals surface area contributed by atoms with Crippen molar-refractivity contribution in [1.29, 1.82) is 0 Å². The Hall–Kier alpha value is -3.31. The Kier molecular flexibility index (Phi) is 10.9. The van der Waals surface area contributed by atoms with Crippen molar-refractivity contribution in [2.75, 3.05) is 28.4 Å². The van der Waals surface area contributed by atoms with Crippen molar-refractivity contribution >= 4 is 26.5 Å². The summed E-state index contributed by atoms with van der Waals surface area (Å²) in [5.74, 6) is 3.92. The zero-order chi connectivity index (χ0) is 34.0. The first-order valence-corrected chi connectivity index (χ1v) is 21.6. The van der Waals surface area contributed by atoms with Gasteiger partial charge < -0.3 is 33.5 Å². The number of phenols is 1. The summed E-state index contributed by atoms with van der Waals surface area (Å²) in [6.07, 6.45) is 0. The highest BCUT2D eigenvalue weighted by atomic mass is 28.3. The number of methoxy groups -OCH3 is 4. The van der Waals surface area contributed by atoms with Crippen LogP contribution in [-0.4, -0.2) is 61.1 Å². The number of ether oxygens (including phenoxy) is 6. The Bertz CT molecular complexity index is 1350. The molecular formula is C36H54O7Si2. The van der Waals surface area contributed by atoms with E-state index in [0.29, 0.717) is 11.5 Å². The lowest BCUT2D eigenvalue weighted by Gasteiger charge is -2.43. The molecule has 0 heterocycles. The van der Waals surface area contributed by atoms with Gasteiger partial charge in [0.05, 0.1) is 39.9 Å². The van der Waals surface area contributed by atoms with Crippen LogP contribution in [0.1, 0.15) is 41.5 Å². The maximum absolute atomic E-state index is 11.7. The van der Waals surface area contributed by atoms with Crippen LogP contribution in [0, 0.1) is 10.8 Å². The summed E-state index contributed by atoms with van der Waals surface area (Å²) in [6, 6.07) is 17.3. The normalized spacial score (nSPS) is 13.9. The minimum Gasteiger partial charge on any atom is -0.502 e. The van der Waals surface area contributed by atoms with Crippen LogP contribution in [0.3, 0.4) is 0 Å². The van der Waals surface area contributed by atoms with Gasteiger partial charge in [-0.1, -0.05) is 73.8 Å². The molecule has 0 fully saturated rings. The molecule has 0 saturated heterocycles. The van der Waals surface area contributed by atoms with Crippen molar-refractivity contribution in [3.05, 3.63) is 54.6 Å². The standard InChI is InChI=1S/C36H54O7Si2/c1-35(2,3)33(44(11,12)30-22-24(38-7)18-20-26(30)40-9)42-28-16-15-17-29(32(28)37)43-34(36(4,5)6)45(13,14)31-23-25(39-8)19-21-27(31)41-10/h15-23,33-34,37H,1-14H3. The number of hydrogen-bond acceptors (Lipinski definition) is 7. The molecule has 3 aromatic carbocycles. The summed E-state index contributed by atoms with van der Waals surface area (Å²) in [4.78, 5) is 0. The molecule has 0 bridgehead atoms. The minimum atomic E-state index is -2.43. The van der Waals surface area contributed by atoms with Crippen LogP contribution in [0.5, 0.6) is 40.2 Å². The molecule has 0 aliphatic rings. The van der Waals surface area contributed by atoms with Crippen molar-refractivity contribution in [2.24, 2.45) is 10.8 Å². The third-order valence-corrected chi connectivity index (χ3v) is 16.7. The fourth-order valence-corrected chi connectivity index (χ4v) is 15.1. The maximum atomic E-state index is 11.7. The van der Waals surface area contributed by atoms with E-state index in [1.54, 1.807) is 28.4 Å². The first kappa shape index (κ1) is 36.2. The molecule has 0 radical (unpaired) electrons. The summed E-state index contributed by atoms with van der Waals surface area (Å²) in [5, 5.41) is 13.9. The molecule has 0 aliphatic heterocycles. The van der Waals surface area contributed by atoms with E-state index in [2.05, 4.69) is 79.9 Å². The van der Waals surface area contributed by atoms with Crippen LogP contribution in [0.25, 0.3) is 0 Å². The van der Waals surface area contributed by atoms with Crippen molar-refractivity contribution < 1.29 is 33.5 Å². The Morgan fingerprint density at radius 2 is 0.889 bits per heavy atom. The van der Waals surface area contributed by atoms with Gasteiger partial charge in [0, 0.05) is 0 Å². The molecule has 2 unspecified atom stereocenters. The van der Waals surface area contributed by atoms with Crippen LogP contribution in [0.15, 0.2) is 54.6 Å². The van der Waals surface area contributed by atoms with Crippen molar-refractivity contribution in [1.82, 2.24) is 0 Å². The zero-order valence-electron chi connectivity index (χ0n) is 29.7. The van der Waals surface area contributed by atoms with Gasteiger partial charge in [-0.2, -0.15) is 0 Å². The Morgan fingerprint density at radius 1 is 0.533 bits per heavy atom. The molecule has 0 aromatic heterocycles. The van der Waals surface area contributed by atoms with Gasteiger partial charge >= 0.3 is 0 Å². The summed E-state index contributed by atoms with van der Waals surface area (Å²) >= 11 is 0. The SMILES string of the molecule is COc1ccc(OC)c([Si](C)(C)C(Oc2cccc(OC(C(C)(C)C)[Si](C)(C)c3cc(OC)ccc3OC)c2O)C(C)(C)C)c1. The van der Waals surface area contributed by atoms with E-state index in [4.69, 9.17) is 28.4 Å². The van der Waals surface area contributed by atoms with E-state index in [1.165, 1.54) is 0 Å². The highest BCUT2D eigenvalue weighted by Crippen LogP contribution is 2.43. The van der Waals surface area contributed by atoms with E-state index >= 15 is 0 Å². The van der Waals surface area contributed by atoms with Crippen LogP contribution < -0.4 is 38.8 Å². The van der Waals surface area contributed by atoms with Gasteiger partial charge in [-0.25, -0.2) is 0 Å². The third kappa shape index (κ3) is 7.75. The van der Waals surface area contributed by atoms with Crippen molar-refractivity contribution in [3.8, 4) is 40.2 Å². The molecule has 9 heteroatoms. The molecule has 2 atom stereocenters. The molecule has 45 heavy (non-hydrogen) atoms. The predicted molar refractivity (Wildman–Crippen MR) is 189 cm³/mol. The number of hydrogen-bond donors (Lipinski definition) is 1. The van der Waals surface area contributed by atoms with Crippen molar-refractivity contribution in [2.45, 2.75) is 79.2 Å². The second kappa shape index (κ2) is 13.6. The lowest BCUT2D eigenvalue weighted by Crippen LogP contribution is -2.61. The Balaban J connectivity index is 2.09. The van der Waals surface area contributed by atoms with E-state index in [9.17, 15) is 5.11 Å². The monoisotopic (exact) mass is 654 g/mol. The van der Waals surface area contributed by atoms with E-state index in [-0.39, 0.29) is 28.0 Å². The van der Waals surface area contributed by atoms with Gasteiger partial charge in [0.15, 0.2) is 11.5 Å². The maximum Gasteiger partial charge on any atom is 0.200 e. The Morgan fingerprint density at radius 3 is 1.18 bits per heavy atom. The van der Waals surface area contributed by atoms with Crippen LogP contribution in [0.4, 0.5) is 0 Å². The van der Waals surface area contributed by atoms with Gasteiger partial charge in [0.2, 0.25) is 5.75 Å². The second-order valence-corrected chi connectivity index (χ2v) is 23.9. The summed E-state index contributed by atoms with van der Waals surface area (Å²) in [6.45, 7) is 22.1. The third-order valence-electron chi connectivity index (χ3n) is 8.54. The molecule has 1 N–H and O–H groups in total. The fraction of sp³-hybridized carbons (Fsp3) is 0.500. The highest BCUT2D eigenvalue weighted by molar-refractivity contribution is 6.92. The first-order valence-electron chi connectivity index (χ1n) is 15.4. The summed E-state index contributed by atoms with van der Waals surface area (Å²) < 4.78 is 36.5. The average Bonchev–Trinajstić information content (AvgIpc) is 2.97. The largest absolute Gasteiger partial charge is 0.502 e. The van der Waals surface area contributed by atoms with Crippen LogP contribution in [0.2, 0.25) is 26.2 Å². The molecule has 248 valence electrons. The molecule has 0 aliphatic carbocycles. The van der Waals surface area contributed by atoms with E-state index in [1.807, 2.05) is 42.5 Å². The number of para-hydroxylation sites is 1. The van der Waals surface area contributed by atoms with E-state index in [0.717, 1.165) is 33.4 Å². The number of phenolic OH excluding ortho intramolecular Hbond substituents is 1. The Labute approximate surface area is 272 Å². The molecular weight excluding hydrogens is 601 g/mol. The van der Waals surface area contributed by atoms with Gasteiger partial charge in [-0.3, -0.25) is 0 Å². The summed E-state index contributed by atoms with van der Waals surface area (Å²) in [5.41, 5.74) is -1.01. The molecule has 7 nitrogen and oxygen atoms in total. The number of rotatable bonds is 12. The smallest absolute Gasteiger partial charge is 0.200 e. The molecule has 0 spiro atoms. The first-order chi connectivity index (χ1) is 20.8. The van der Waals surface area contributed by atoms with Gasteiger partial charge in [0.25, 0.3) is 0 Å². The second-order valence-electron chi connectivity index (χ2n) is 14.9. The minimum absolute atomic E-state index is 0.00851.